The number of sulfone groups is 1. The highest BCUT2D eigenvalue weighted by Gasteiger charge is 2.50. The lowest BCUT2D eigenvalue weighted by molar-refractivity contribution is -0.384. The molecule has 0 spiro atoms. The molecule has 186 valence electrons. The fraction of sp³-hybridized carbons (Fsp3) is 0.192. The van der Waals surface area contributed by atoms with Crippen LogP contribution >= 0.6 is 0 Å². The average molecular weight is 508 g/mol. The number of nitrogens with zero attached hydrogens (tertiary/aromatic N) is 3. The first-order chi connectivity index (χ1) is 17.1. The number of anilines is 2. The van der Waals surface area contributed by atoms with Gasteiger partial charge in [0, 0.05) is 37.6 Å². The molecule has 4 rings (SSSR count). The lowest BCUT2D eigenvalue weighted by Crippen LogP contribution is -2.29. The fourth-order valence-electron chi connectivity index (χ4n) is 4.01. The van der Waals surface area contributed by atoms with E-state index in [0.717, 1.165) is 10.6 Å². The van der Waals surface area contributed by atoms with Gasteiger partial charge in [-0.1, -0.05) is 24.3 Å². The molecule has 36 heavy (non-hydrogen) atoms. The van der Waals surface area contributed by atoms with Crippen molar-refractivity contribution in [1.29, 1.82) is 0 Å². The molecule has 3 aromatic rings. The molecule has 1 atom stereocenters. The van der Waals surface area contributed by atoms with Crippen molar-refractivity contribution in [3.63, 3.8) is 0 Å². The molecule has 10 heteroatoms. The van der Waals surface area contributed by atoms with Crippen LogP contribution in [0.25, 0.3) is 6.08 Å². The third-order valence-electron chi connectivity index (χ3n) is 5.76. The largest absolute Gasteiger partial charge is 0.494 e. The highest BCUT2D eigenvalue weighted by atomic mass is 32.2. The molecule has 3 aromatic carbocycles. The minimum absolute atomic E-state index is 0.123. The van der Waals surface area contributed by atoms with E-state index in [0.29, 0.717) is 23.6 Å². The quantitative estimate of drug-likeness (QED) is 0.262. The summed E-state index contributed by atoms with van der Waals surface area (Å²) in [4.78, 5) is 27.1. The number of benzene rings is 3. The fourth-order valence-corrected chi connectivity index (χ4v) is 5.89. The summed E-state index contributed by atoms with van der Waals surface area (Å²) in [6.07, 6.45) is 1.34. The van der Waals surface area contributed by atoms with Crippen molar-refractivity contribution in [2.24, 2.45) is 0 Å². The normalized spacial score (nSPS) is 17.9. The Kier molecular flexibility index (Phi) is 6.80. The zero-order valence-corrected chi connectivity index (χ0v) is 20.8. The maximum atomic E-state index is 13.8. The number of amides is 1. The van der Waals surface area contributed by atoms with Crippen molar-refractivity contribution in [3.05, 3.63) is 98.9 Å². The lowest BCUT2D eigenvalue weighted by Gasteiger charge is -2.23. The number of nitro benzene ring substituents is 1. The van der Waals surface area contributed by atoms with Gasteiger partial charge >= 0.3 is 0 Å². The number of hydrogen-bond acceptors (Lipinski definition) is 7. The number of carbonyl (C=O) groups excluding carboxylic acids is 1. The van der Waals surface area contributed by atoms with E-state index in [-0.39, 0.29) is 16.2 Å². The number of non-ortho nitro benzene ring substituents is 1. The first-order valence-electron chi connectivity index (χ1n) is 11.2. The van der Waals surface area contributed by atoms with Crippen molar-refractivity contribution < 1.29 is 22.9 Å². The molecule has 1 saturated heterocycles. The van der Waals surface area contributed by atoms with Crippen molar-refractivity contribution >= 4 is 38.9 Å². The van der Waals surface area contributed by atoms with Crippen LogP contribution in [0.15, 0.2) is 77.7 Å². The van der Waals surface area contributed by atoms with Crippen LogP contribution in [0.1, 0.15) is 23.4 Å². The van der Waals surface area contributed by atoms with E-state index >= 15 is 0 Å². The molecule has 1 aliphatic rings. The Morgan fingerprint density at radius 3 is 2.31 bits per heavy atom. The zero-order chi connectivity index (χ0) is 26.0. The highest BCUT2D eigenvalue weighted by Crippen LogP contribution is 2.44. The van der Waals surface area contributed by atoms with Gasteiger partial charge in [-0.15, -0.1) is 0 Å². The van der Waals surface area contributed by atoms with Crippen molar-refractivity contribution in [1.82, 2.24) is 0 Å². The van der Waals surface area contributed by atoms with E-state index in [4.69, 9.17) is 4.74 Å². The average Bonchev–Trinajstić information content (AvgIpc) is 3.05. The molecular weight excluding hydrogens is 482 g/mol. The predicted molar refractivity (Wildman–Crippen MR) is 139 cm³/mol. The van der Waals surface area contributed by atoms with Crippen LogP contribution in [0, 0.1) is 10.1 Å². The summed E-state index contributed by atoms with van der Waals surface area (Å²) in [5.74, 6) is -0.147. The SMILES string of the molecule is CCOc1ccc(N2C(=O)/C(=C\c3ccc(N(C)C)cc3)S(=O)(=O)[C@H]2c2cccc([N+](=O)[O-])c2)cc1. The Morgan fingerprint density at radius 1 is 1.06 bits per heavy atom. The van der Waals surface area contributed by atoms with E-state index in [1.54, 1.807) is 36.4 Å². The Morgan fingerprint density at radius 2 is 1.72 bits per heavy atom. The number of carbonyl (C=O) groups is 1. The van der Waals surface area contributed by atoms with Gasteiger partial charge in [-0.05, 0) is 60.5 Å². The minimum Gasteiger partial charge on any atom is -0.494 e. The molecule has 9 nitrogen and oxygen atoms in total. The maximum Gasteiger partial charge on any atom is 0.271 e. The first-order valence-corrected chi connectivity index (χ1v) is 12.7. The van der Waals surface area contributed by atoms with E-state index in [2.05, 4.69) is 0 Å². The second kappa shape index (κ2) is 9.82. The lowest BCUT2D eigenvalue weighted by atomic mass is 10.1. The Hall–Kier alpha value is -4.18. The Balaban J connectivity index is 1.86. The summed E-state index contributed by atoms with van der Waals surface area (Å²) in [7, 11) is -0.470. The van der Waals surface area contributed by atoms with Crippen molar-refractivity contribution in [2.75, 3.05) is 30.5 Å². The second-order valence-corrected chi connectivity index (χ2v) is 10.3. The molecule has 0 unspecified atom stereocenters. The molecule has 1 amide bonds. The number of ether oxygens (including phenoxy) is 1. The van der Waals surface area contributed by atoms with Crippen molar-refractivity contribution in [2.45, 2.75) is 12.3 Å². The number of rotatable bonds is 7. The van der Waals surface area contributed by atoms with E-state index in [9.17, 15) is 23.3 Å². The molecule has 1 aliphatic heterocycles. The predicted octanol–water partition coefficient (Wildman–Crippen LogP) is 4.56. The number of nitro groups is 1. The van der Waals surface area contributed by atoms with Crippen LogP contribution in [0.4, 0.5) is 17.1 Å². The van der Waals surface area contributed by atoms with Crippen LogP contribution in [0.5, 0.6) is 5.75 Å². The molecule has 1 fully saturated rings. The number of hydrogen-bond donors (Lipinski definition) is 0. The molecule has 1 heterocycles. The topological polar surface area (TPSA) is 110 Å². The molecule has 0 aliphatic carbocycles. The summed E-state index contributed by atoms with van der Waals surface area (Å²) in [6, 6.07) is 18.9. The third kappa shape index (κ3) is 4.67. The zero-order valence-electron chi connectivity index (χ0n) is 20.0. The van der Waals surface area contributed by atoms with Crippen LogP contribution in [0.2, 0.25) is 0 Å². The first kappa shape index (κ1) is 24.9. The van der Waals surface area contributed by atoms with Crippen LogP contribution in [0.3, 0.4) is 0 Å². The highest BCUT2D eigenvalue weighted by molar-refractivity contribution is 7.97. The van der Waals surface area contributed by atoms with Crippen molar-refractivity contribution in [3.8, 4) is 5.75 Å². The smallest absolute Gasteiger partial charge is 0.271 e. The molecule has 0 aromatic heterocycles. The van der Waals surface area contributed by atoms with E-state index in [1.807, 2.05) is 38.1 Å². The summed E-state index contributed by atoms with van der Waals surface area (Å²) in [5, 5.41) is 9.91. The summed E-state index contributed by atoms with van der Waals surface area (Å²) in [6.45, 7) is 2.29. The minimum atomic E-state index is -4.24. The van der Waals surface area contributed by atoms with Gasteiger partial charge in [-0.25, -0.2) is 8.42 Å². The molecule has 0 saturated carbocycles. The van der Waals surface area contributed by atoms with Gasteiger partial charge < -0.3 is 9.64 Å². The van der Waals surface area contributed by atoms with Gasteiger partial charge in [0.15, 0.2) is 5.37 Å². The van der Waals surface area contributed by atoms with Gasteiger partial charge in [-0.3, -0.25) is 19.8 Å². The van der Waals surface area contributed by atoms with Gasteiger partial charge in [0.2, 0.25) is 9.84 Å². The Bertz CT molecular complexity index is 1430. The maximum absolute atomic E-state index is 13.8. The van der Waals surface area contributed by atoms with Crippen LogP contribution in [-0.4, -0.2) is 40.0 Å². The Labute approximate surface area is 209 Å². The van der Waals surface area contributed by atoms with Crippen LogP contribution < -0.4 is 14.5 Å². The summed E-state index contributed by atoms with van der Waals surface area (Å²) >= 11 is 0. The molecule has 0 radical (unpaired) electrons. The van der Waals surface area contributed by atoms with Gasteiger partial charge in [0.05, 0.1) is 11.5 Å². The third-order valence-corrected chi connectivity index (χ3v) is 7.74. The van der Waals surface area contributed by atoms with Crippen LogP contribution in [-0.2, 0) is 14.6 Å². The summed E-state index contributed by atoms with van der Waals surface area (Å²) in [5.41, 5.74) is 1.65. The van der Waals surface area contributed by atoms with Gasteiger partial charge in [-0.2, -0.15) is 0 Å². The second-order valence-electron chi connectivity index (χ2n) is 8.35. The van der Waals surface area contributed by atoms with Gasteiger partial charge in [0.1, 0.15) is 10.7 Å². The van der Waals surface area contributed by atoms with E-state index < -0.39 is 26.0 Å². The van der Waals surface area contributed by atoms with E-state index in [1.165, 1.54) is 30.3 Å². The summed E-state index contributed by atoms with van der Waals surface area (Å²) < 4.78 is 33.0. The molecular formula is C26H25N3O6S. The van der Waals surface area contributed by atoms with Gasteiger partial charge in [0.25, 0.3) is 11.6 Å². The molecule has 0 bridgehead atoms. The standard InChI is InChI=1S/C26H25N3O6S/c1-4-35-23-14-12-21(13-15-23)28-25(30)24(16-18-8-10-20(11-9-18)27(2)3)36(33,34)26(28)19-6-5-7-22(17-19)29(31)32/h5-17,26H,4H2,1-3H3/b24-16+/t26-/m0/s1. The monoisotopic (exact) mass is 507 g/mol. The molecule has 0 N–H and O–H groups in total.